The molecule has 0 aromatic carbocycles. The van der Waals surface area contributed by atoms with Crippen molar-refractivity contribution in [1.29, 1.82) is 0 Å². The summed E-state index contributed by atoms with van der Waals surface area (Å²) in [4.78, 5) is 9.00. The van der Waals surface area contributed by atoms with Crippen molar-refractivity contribution in [2.45, 2.75) is 45.1 Å². The fourth-order valence-corrected chi connectivity index (χ4v) is 1.82. The second kappa shape index (κ2) is 5.98. The van der Waals surface area contributed by atoms with Crippen LogP contribution in [-0.4, -0.2) is 28.3 Å². The SMILES string of the molecule is CC(=O)O.CC1CCCC(O)(CN)C1. The molecule has 1 saturated carbocycles. The van der Waals surface area contributed by atoms with Gasteiger partial charge in [0.25, 0.3) is 5.97 Å². The van der Waals surface area contributed by atoms with E-state index in [-0.39, 0.29) is 0 Å². The number of hydrogen-bond acceptors (Lipinski definition) is 3. The van der Waals surface area contributed by atoms with Crippen molar-refractivity contribution in [1.82, 2.24) is 0 Å². The Bertz CT molecular complexity index is 180. The van der Waals surface area contributed by atoms with E-state index in [1.54, 1.807) is 0 Å². The van der Waals surface area contributed by atoms with Crippen molar-refractivity contribution in [3.63, 3.8) is 0 Å². The van der Waals surface area contributed by atoms with Crippen molar-refractivity contribution in [2.24, 2.45) is 11.7 Å². The van der Waals surface area contributed by atoms with E-state index >= 15 is 0 Å². The summed E-state index contributed by atoms with van der Waals surface area (Å²) in [6.07, 6.45) is 4.18. The molecule has 4 nitrogen and oxygen atoms in total. The summed E-state index contributed by atoms with van der Waals surface area (Å²) >= 11 is 0. The van der Waals surface area contributed by atoms with Crippen molar-refractivity contribution in [3.8, 4) is 0 Å². The summed E-state index contributed by atoms with van der Waals surface area (Å²) < 4.78 is 0. The molecule has 4 N–H and O–H groups in total. The van der Waals surface area contributed by atoms with E-state index in [1.165, 1.54) is 6.42 Å². The Morgan fingerprint density at radius 1 is 1.64 bits per heavy atom. The molecule has 0 saturated heterocycles. The molecule has 0 bridgehead atoms. The zero-order valence-corrected chi connectivity index (χ0v) is 8.99. The maximum Gasteiger partial charge on any atom is 0.300 e. The zero-order valence-electron chi connectivity index (χ0n) is 8.99. The van der Waals surface area contributed by atoms with Gasteiger partial charge in [-0.15, -0.1) is 0 Å². The van der Waals surface area contributed by atoms with Gasteiger partial charge in [-0.05, 0) is 18.8 Å². The minimum atomic E-state index is -0.833. The molecule has 4 heteroatoms. The van der Waals surface area contributed by atoms with E-state index in [4.69, 9.17) is 15.6 Å². The van der Waals surface area contributed by atoms with Crippen LogP contribution >= 0.6 is 0 Å². The monoisotopic (exact) mass is 203 g/mol. The second-order valence-electron chi connectivity index (χ2n) is 4.15. The molecule has 84 valence electrons. The van der Waals surface area contributed by atoms with Gasteiger partial charge in [0, 0.05) is 13.5 Å². The zero-order chi connectivity index (χ0) is 11.2. The Hall–Kier alpha value is -0.610. The fraction of sp³-hybridized carbons (Fsp3) is 0.900. The number of nitrogens with two attached hydrogens (primary N) is 1. The molecule has 0 heterocycles. The predicted octanol–water partition coefficient (Wildman–Crippen LogP) is 0.977. The third kappa shape index (κ3) is 5.94. The van der Waals surface area contributed by atoms with E-state index in [0.717, 1.165) is 26.2 Å². The second-order valence-corrected chi connectivity index (χ2v) is 4.15. The maximum atomic E-state index is 9.73. The maximum absolute atomic E-state index is 9.73. The molecule has 2 unspecified atom stereocenters. The van der Waals surface area contributed by atoms with Crippen LogP contribution in [0.2, 0.25) is 0 Å². The van der Waals surface area contributed by atoms with Gasteiger partial charge >= 0.3 is 0 Å². The summed E-state index contributed by atoms with van der Waals surface area (Å²) in [7, 11) is 0. The molecule has 2 atom stereocenters. The van der Waals surface area contributed by atoms with Crippen LogP contribution in [0.15, 0.2) is 0 Å². The summed E-state index contributed by atoms with van der Waals surface area (Å²) in [6.45, 7) is 3.69. The van der Waals surface area contributed by atoms with Crippen LogP contribution in [0, 0.1) is 5.92 Å². The lowest BCUT2D eigenvalue weighted by Gasteiger charge is -2.34. The summed E-state index contributed by atoms with van der Waals surface area (Å²) in [5, 5.41) is 17.1. The number of carbonyl (C=O) groups is 1. The molecule has 0 amide bonds. The van der Waals surface area contributed by atoms with Crippen LogP contribution in [-0.2, 0) is 4.79 Å². The molecule has 1 rings (SSSR count). The van der Waals surface area contributed by atoms with E-state index in [9.17, 15) is 5.11 Å². The van der Waals surface area contributed by atoms with Crippen molar-refractivity contribution in [2.75, 3.05) is 6.54 Å². The Kier molecular flexibility index (Phi) is 5.72. The molecule has 0 radical (unpaired) electrons. The Morgan fingerprint density at radius 2 is 2.14 bits per heavy atom. The number of hydrogen-bond donors (Lipinski definition) is 3. The summed E-state index contributed by atoms with van der Waals surface area (Å²) in [6, 6.07) is 0. The van der Waals surface area contributed by atoms with E-state index in [0.29, 0.717) is 12.5 Å². The average Bonchev–Trinajstić information content (AvgIpc) is 2.03. The first-order valence-electron chi connectivity index (χ1n) is 5.01. The van der Waals surface area contributed by atoms with Gasteiger partial charge in [-0.3, -0.25) is 4.79 Å². The number of carboxylic acids is 1. The fourth-order valence-electron chi connectivity index (χ4n) is 1.82. The Balaban J connectivity index is 0.000000364. The normalized spacial score (nSPS) is 31.6. The molecule has 0 aromatic heterocycles. The van der Waals surface area contributed by atoms with Crippen LogP contribution < -0.4 is 5.73 Å². The van der Waals surface area contributed by atoms with E-state index < -0.39 is 11.6 Å². The lowest BCUT2D eigenvalue weighted by atomic mass is 9.79. The predicted molar refractivity (Wildman–Crippen MR) is 54.9 cm³/mol. The first-order valence-corrected chi connectivity index (χ1v) is 5.01. The molecule has 14 heavy (non-hydrogen) atoms. The largest absolute Gasteiger partial charge is 0.481 e. The highest BCUT2D eigenvalue weighted by atomic mass is 16.4. The van der Waals surface area contributed by atoms with Crippen molar-refractivity contribution in [3.05, 3.63) is 0 Å². The number of carboxylic acid groups (broad SMARTS) is 1. The van der Waals surface area contributed by atoms with Crippen LogP contribution in [0.4, 0.5) is 0 Å². The van der Waals surface area contributed by atoms with Crippen molar-refractivity contribution < 1.29 is 15.0 Å². The highest BCUT2D eigenvalue weighted by Gasteiger charge is 2.30. The Labute approximate surface area is 85.1 Å². The van der Waals surface area contributed by atoms with Gasteiger partial charge in [0.1, 0.15) is 0 Å². The highest BCUT2D eigenvalue weighted by molar-refractivity contribution is 5.62. The molecule has 1 aliphatic carbocycles. The van der Waals surface area contributed by atoms with Crippen LogP contribution in [0.3, 0.4) is 0 Å². The minimum absolute atomic E-state index is 0.428. The van der Waals surface area contributed by atoms with Gasteiger partial charge in [-0.1, -0.05) is 19.8 Å². The number of rotatable bonds is 1. The lowest BCUT2D eigenvalue weighted by molar-refractivity contribution is -0.134. The topological polar surface area (TPSA) is 83.5 Å². The molecule has 0 aliphatic heterocycles. The van der Waals surface area contributed by atoms with Crippen LogP contribution in [0.1, 0.15) is 39.5 Å². The third-order valence-corrected chi connectivity index (χ3v) is 2.45. The molecular weight excluding hydrogens is 182 g/mol. The smallest absolute Gasteiger partial charge is 0.300 e. The average molecular weight is 203 g/mol. The van der Waals surface area contributed by atoms with Gasteiger partial charge in [-0.2, -0.15) is 0 Å². The van der Waals surface area contributed by atoms with Gasteiger partial charge in [0.05, 0.1) is 5.60 Å². The lowest BCUT2D eigenvalue weighted by Crippen LogP contribution is -2.41. The van der Waals surface area contributed by atoms with Gasteiger partial charge in [-0.25, -0.2) is 0 Å². The minimum Gasteiger partial charge on any atom is -0.481 e. The summed E-state index contributed by atoms with van der Waals surface area (Å²) in [5.74, 6) is -0.178. The summed E-state index contributed by atoms with van der Waals surface area (Å²) in [5.41, 5.74) is 4.92. The van der Waals surface area contributed by atoms with Gasteiger partial charge in [0.15, 0.2) is 0 Å². The molecule has 1 fully saturated rings. The highest BCUT2D eigenvalue weighted by Crippen LogP contribution is 2.30. The molecule has 1 aliphatic rings. The van der Waals surface area contributed by atoms with Crippen LogP contribution in [0.25, 0.3) is 0 Å². The van der Waals surface area contributed by atoms with Gasteiger partial charge in [0.2, 0.25) is 0 Å². The first-order chi connectivity index (χ1) is 6.39. The van der Waals surface area contributed by atoms with E-state index in [1.807, 2.05) is 0 Å². The van der Waals surface area contributed by atoms with Gasteiger partial charge < -0.3 is 15.9 Å². The standard InChI is InChI=1S/C8H17NO.C2H4O2/c1-7-3-2-4-8(10,5-7)6-9;1-2(3)4/h7,10H,2-6,9H2,1H3;1H3,(H,3,4). The van der Waals surface area contributed by atoms with Crippen LogP contribution in [0.5, 0.6) is 0 Å². The molecular formula is C10H21NO3. The quantitative estimate of drug-likeness (QED) is 0.593. The Morgan fingerprint density at radius 3 is 2.43 bits per heavy atom. The number of aliphatic carboxylic acids is 1. The molecule has 0 spiro atoms. The van der Waals surface area contributed by atoms with Crippen molar-refractivity contribution >= 4 is 5.97 Å². The molecule has 0 aromatic rings. The first kappa shape index (κ1) is 13.4. The van der Waals surface area contributed by atoms with E-state index in [2.05, 4.69) is 6.92 Å². The number of aliphatic hydroxyl groups is 1. The third-order valence-electron chi connectivity index (χ3n) is 2.45.